The first-order valence-electron chi connectivity index (χ1n) is 4.79. The SMILES string of the molecule is O=C1C=CCCC2CCCC=C12. The number of carbonyl (C=O) groups excluding carboxylic acids is 1. The summed E-state index contributed by atoms with van der Waals surface area (Å²) < 4.78 is 0. The Hall–Kier alpha value is -0.850. The minimum atomic E-state index is 0.261. The summed E-state index contributed by atoms with van der Waals surface area (Å²) in [5, 5.41) is 0. The molecule has 12 heavy (non-hydrogen) atoms. The normalized spacial score (nSPS) is 29.2. The van der Waals surface area contributed by atoms with E-state index in [1.807, 2.05) is 6.08 Å². The lowest BCUT2D eigenvalue weighted by molar-refractivity contribution is -0.111. The fourth-order valence-corrected chi connectivity index (χ4v) is 2.13. The first kappa shape index (κ1) is 7.78. The first-order chi connectivity index (χ1) is 5.88. The fourth-order valence-electron chi connectivity index (χ4n) is 2.13. The van der Waals surface area contributed by atoms with Crippen molar-refractivity contribution in [2.24, 2.45) is 5.92 Å². The molecule has 1 unspecified atom stereocenters. The summed E-state index contributed by atoms with van der Waals surface area (Å²) in [6.45, 7) is 0. The predicted octanol–water partition coefficient (Wildman–Crippen LogP) is 2.63. The minimum Gasteiger partial charge on any atom is -0.290 e. The highest BCUT2D eigenvalue weighted by Gasteiger charge is 2.22. The second kappa shape index (κ2) is 3.26. The Morgan fingerprint density at radius 2 is 2.17 bits per heavy atom. The molecule has 0 radical (unpaired) electrons. The van der Waals surface area contributed by atoms with Crippen LogP contribution in [0, 0.1) is 5.92 Å². The summed E-state index contributed by atoms with van der Waals surface area (Å²) in [6.07, 6.45) is 11.7. The van der Waals surface area contributed by atoms with Gasteiger partial charge < -0.3 is 0 Å². The molecule has 0 saturated carbocycles. The molecule has 0 aliphatic heterocycles. The molecular weight excluding hydrogens is 148 g/mol. The van der Waals surface area contributed by atoms with Crippen molar-refractivity contribution in [1.82, 2.24) is 0 Å². The van der Waals surface area contributed by atoms with Gasteiger partial charge in [0.05, 0.1) is 0 Å². The topological polar surface area (TPSA) is 17.1 Å². The van der Waals surface area contributed by atoms with Gasteiger partial charge in [0.2, 0.25) is 0 Å². The highest BCUT2D eigenvalue weighted by Crippen LogP contribution is 2.31. The monoisotopic (exact) mass is 162 g/mol. The molecule has 0 spiro atoms. The fraction of sp³-hybridized carbons (Fsp3) is 0.545. The van der Waals surface area contributed by atoms with Gasteiger partial charge in [-0.3, -0.25) is 4.79 Å². The molecule has 1 heteroatoms. The van der Waals surface area contributed by atoms with Crippen molar-refractivity contribution in [2.75, 3.05) is 0 Å². The lowest BCUT2D eigenvalue weighted by Gasteiger charge is -2.20. The Labute approximate surface area is 73.2 Å². The van der Waals surface area contributed by atoms with Gasteiger partial charge in [-0.05, 0) is 49.7 Å². The van der Waals surface area contributed by atoms with Crippen molar-refractivity contribution in [3.05, 3.63) is 23.8 Å². The Balaban J connectivity index is 2.27. The van der Waals surface area contributed by atoms with Crippen LogP contribution in [0.3, 0.4) is 0 Å². The van der Waals surface area contributed by atoms with E-state index in [4.69, 9.17) is 0 Å². The summed E-state index contributed by atoms with van der Waals surface area (Å²) in [4.78, 5) is 11.5. The van der Waals surface area contributed by atoms with Gasteiger partial charge in [0.1, 0.15) is 0 Å². The second-order valence-corrected chi connectivity index (χ2v) is 3.63. The van der Waals surface area contributed by atoms with Crippen LogP contribution in [0.15, 0.2) is 23.8 Å². The molecule has 0 fully saturated rings. The van der Waals surface area contributed by atoms with Gasteiger partial charge in [-0.25, -0.2) is 0 Å². The number of carbonyl (C=O) groups is 1. The Bertz CT molecular complexity index is 248. The van der Waals surface area contributed by atoms with E-state index in [1.54, 1.807) is 6.08 Å². The van der Waals surface area contributed by atoms with Crippen LogP contribution in [0.4, 0.5) is 0 Å². The molecule has 0 amide bonds. The van der Waals surface area contributed by atoms with Gasteiger partial charge in [0, 0.05) is 0 Å². The predicted molar refractivity (Wildman–Crippen MR) is 48.8 cm³/mol. The zero-order valence-electron chi connectivity index (χ0n) is 7.25. The molecule has 0 heterocycles. The molecule has 64 valence electrons. The maximum atomic E-state index is 11.5. The van der Waals surface area contributed by atoms with E-state index in [2.05, 4.69) is 6.08 Å². The van der Waals surface area contributed by atoms with Crippen LogP contribution in [0.25, 0.3) is 0 Å². The maximum absolute atomic E-state index is 11.5. The minimum absolute atomic E-state index is 0.261. The largest absolute Gasteiger partial charge is 0.290 e. The van der Waals surface area contributed by atoms with Crippen LogP contribution in [-0.2, 0) is 4.79 Å². The van der Waals surface area contributed by atoms with E-state index in [1.165, 1.54) is 19.3 Å². The molecule has 0 aromatic heterocycles. The summed E-state index contributed by atoms with van der Waals surface area (Å²) in [5.74, 6) is 0.832. The molecule has 0 aromatic rings. The first-order valence-corrected chi connectivity index (χ1v) is 4.79. The molecule has 0 N–H and O–H groups in total. The molecule has 0 saturated heterocycles. The van der Waals surface area contributed by atoms with Gasteiger partial charge >= 0.3 is 0 Å². The second-order valence-electron chi connectivity index (χ2n) is 3.63. The van der Waals surface area contributed by atoms with Crippen LogP contribution in [0.5, 0.6) is 0 Å². The third kappa shape index (κ3) is 1.36. The molecule has 2 aliphatic carbocycles. The quantitative estimate of drug-likeness (QED) is 0.535. The van der Waals surface area contributed by atoms with Crippen molar-refractivity contribution in [3.8, 4) is 0 Å². The van der Waals surface area contributed by atoms with E-state index in [9.17, 15) is 4.79 Å². The Morgan fingerprint density at radius 1 is 1.25 bits per heavy atom. The highest BCUT2D eigenvalue weighted by molar-refractivity contribution is 6.04. The van der Waals surface area contributed by atoms with Gasteiger partial charge in [-0.1, -0.05) is 12.2 Å². The summed E-state index contributed by atoms with van der Waals surface area (Å²) in [7, 11) is 0. The molecular formula is C11H14O. The molecule has 1 nitrogen and oxygen atoms in total. The summed E-state index contributed by atoms with van der Waals surface area (Å²) in [5.41, 5.74) is 1.09. The van der Waals surface area contributed by atoms with Crippen LogP contribution >= 0.6 is 0 Å². The lowest BCUT2D eigenvalue weighted by atomic mass is 9.84. The number of fused-ring (bicyclic) bond motifs is 1. The Kier molecular flexibility index (Phi) is 2.11. The number of rotatable bonds is 0. The van der Waals surface area contributed by atoms with Gasteiger partial charge in [0.15, 0.2) is 5.78 Å². The van der Waals surface area contributed by atoms with Gasteiger partial charge in [0.25, 0.3) is 0 Å². The van der Waals surface area contributed by atoms with Gasteiger partial charge in [-0.15, -0.1) is 0 Å². The van der Waals surface area contributed by atoms with Crippen molar-refractivity contribution in [3.63, 3.8) is 0 Å². The molecule has 0 aromatic carbocycles. The lowest BCUT2D eigenvalue weighted by Crippen LogP contribution is -2.13. The van der Waals surface area contributed by atoms with E-state index >= 15 is 0 Å². The molecule has 0 bridgehead atoms. The smallest absolute Gasteiger partial charge is 0.181 e. The number of hydrogen-bond acceptors (Lipinski definition) is 1. The third-order valence-corrected chi connectivity index (χ3v) is 2.80. The number of ketones is 1. The maximum Gasteiger partial charge on any atom is 0.181 e. The van der Waals surface area contributed by atoms with E-state index in [0.29, 0.717) is 5.92 Å². The Morgan fingerprint density at radius 3 is 3.08 bits per heavy atom. The standard InChI is InChI=1S/C11H14O/c12-11-8-4-2-6-9-5-1-3-7-10(9)11/h4,7-9H,1-3,5-6H2. The third-order valence-electron chi connectivity index (χ3n) is 2.80. The van der Waals surface area contributed by atoms with Crippen molar-refractivity contribution < 1.29 is 4.79 Å². The van der Waals surface area contributed by atoms with Crippen LogP contribution in [-0.4, -0.2) is 5.78 Å². The van der Waals surface area contributed by atoms with Crippen LogP contribution in [0.2, 0.25) is 0 Å². The van der Waals surface area contributed by atoms with E-state index in [-0.39, 0.29) is 5.78 Å². The zero-order chi connectivity index (χ0) is 8.39. The number of hydrogen-bond donors (Lipinski definition) is 0. The van der Waals surface area contributed by atoms with Crippen molar-refractivity contribution in [1.29, 1.82) is 0 Å². The molecule has 1 atom stereocenters. The average Bonchev–Trinajstić information content (AvgIpc) is 2.29. The zero-order valence-corrected chi connectivity index (χ0v) is 7.25. The summed E-state index contributed by atoms with van der Waals surface area (Å²) in [6, 6.07) is 0. The molecule has 2 rings (SSSR count). The van der Waals surface area contributed by atoms with Crippen molar-refractivity contribution in [2.45, 2.75) is 32.1 Å². The van der Waals surface area contributed by atoms with Gasteiger partial charge in [-0.2, -0.15) is 0 Å². The molecule has 2 aliphatic rings. The van der Waals surface area contributed by atoms with Crippen LogP contribution in [0.1, 0.15) is 32.1 Å². The summed E-state index contributed by atoms with van der Waals surface area (Å²) >= 11 is 0. The average molecular weight is 162 g/mol. The highest BCUT2D eigenvalue weighted by atomic mass is 16.1. The van der Waals surface area contributed by atoms with E-state index < -0.39 is 0 Å². The van der Waals surface area contributed by atoms with E-state index in [0.717, 1.165) is 18.4 Å². The van der Waals surface area contributed by atoms with Crippen LogP contribution < -0.4 is 0 Å². The number of allylic oxidation sites excluding steroid dienone is 4. The van der Waals surface area contributed by atoms with Crippen molar-refractivity contribution >= 4 is 5.78 Å².